The van der Waals surface area contributed by atoms with Crippen LogP contribution in [0, 0.1) is 5.92 Å². The Hall–Kier alpha value is -2.84. The van der Waals surface area contributed by atoms with Gasteiger partial charge in [-0.3, -0.25) is 0 Å². The summed E-state index contributed by atoms with van der Waals surface area (Å²) < 4.78 is 0. The molecule has 2 nitrogen and oxygen atoms in total. The highest BCUT2D eigenvalue weighted by atomic mass is 16.3. The highest BCUT2D eigenvalue weighted by Crippen LogP contribution is 2.38. The molecule has 0 spiro atoms. The molecule has 0 radical (unpaired) electrons. The average Bonchev–Trinajstić information content (AvgIpc) is 2.74. The van der Waals surface area contributed by atoms with Crippen molar-refractivity contribution in [2.45, 2.75) is 25.8 Å². The van der Waals surface area contributed by atoms with Gasteiger partial charge in [-0.25, -0.2) is 0 Å². The standard InChI is InChI=1S/C26H25NO/c28-22-11-6-18(7-12-22)16-27-17-19-5-8-21-10-13-24-23-4-2-1-3-20(23)9-14-25(24)26(21)15-19/h1-8,10-13,19,27-28H,9,14-17H2. The summed E-state index contributed by atoms with van der Waals surface area (Å²) in [7, 11) is 0. The number of nitrogens with one attached hydrogen (secondary N) is 1. The number of hydrogen-bond donors (Lipinski definition) is 2. The molecule has 3 aromatic rings. The Labute approximate surface area is 166 Å². The molecule has 0 saturated heterocycles. The van der Waals surface area contributed by atoms with Crippen LogP contribution in [0.3, 0.4) is 0 Å². The first-order valence-electron chi connectivity index (χ1n) is 10.2. The molecular weight excluding hydrogens is 342 g/mol. The monoisotopic (exact) mass is 367 g/mol. The van der Waals surface area contributed by atoms with Crippen molar-refractivity contribution in [3.8, 4) is 16.9 Å². The van der Waals surface area contributed by atoms with Crippen LogP contribution in [0.5, 0.6) is 5.75 Å². The first kappa shape index (κ1) is 17.3. The van der Waals surface area contributed by atoms with Crippen molar-refractivity contribution in [2.75, 3.05) is 6.54 Å². The Morgan fingerprint density at radius 3 is 2.61 bits per heavy atom. The van der Waals surface area contributed by atoms with Crippen LogP contribution in [0.2, 0.25) is 0 Å². The van der Waals surface area contributed by atoms with Crippen LogP contribution in [-0.2, 0) is 25.8 Å². The quantitative estimate of drug-likeness (QED) is 0.670. The van der Waals surface area contributed by atoms with E-state index in [1.165, 1.54) is 27.8 Å². The molecule has 1 atom stereocenters. The van der Waals surface area contributed by atoms with Crippen molar-refractivity contribution in [2.24, 2.45) is 5.92 Å². The zero-order valence-corrected chi connectivity index (χ0v) is 16.0. The van der Waals surface area contributed by atoms with Gasteiger partial charge in [0, 0.05) is 13.1 Å². The second-order valence-corrected chi connectivity index (χ2v) is 7.94. The normalized spacial score (nSPS) is 16.9. The number of rotatable bonds is 4. The van der Waals surface area contributed by atoms with E-state index in [1.807, 2.05) is 12.1 Å². The SMILES string of the molecule is Oc1ccc(CNCC2C=Cc3ccc4c(c3C2)CCc2ccccc2-4)cc1. The predicted molar refractivity (Wildman–Crippen MR) is 115 cm³/mol. The minimum absolute atomic E-state index is 0.321. The smallest absolute Gasteiger partial charge is 0.115 e. The summed E-state index contributed by atoms with van der Waals surface area (Å²) in [4.78, 5) is 0. The summed E-state index contributed by atoms with van der Waals surface area (Å²) in [5.74, 6) is 0.843. The fraction of sp³-hybridized carbons (Fsp3) is 0.231. The maximum atomic E-state index is 9.41. The van der Waals surface area contributed by atoms with Gasteiger partial charge in [-0.1, -0.05) is 60.7 Å². The lowest BCUT2D eigenvalue weighted by Crippen LogP contribution is -2.25. The Bertz CT molecular complexity index is 1030. The van der Waals surface area contributed by atoms with E-state index in [2.05, 4.69) is 53.9 Å². The highest BCUT2D eigenvalue weighted by molar-refractivity contribution is 5.77. The molecule has 0 aromatic heterocycles. The van der Waals surface area contributed by atoms with Gasteiger partial charge < -0.3 is 10.4 Å². The van der Waals surface area contributed by atoms with Crippen LogP contribution < -0.4 is 5.32 Å². The summed E-state index contributed by atoms with van der Waals surface area (Å²) in [6.07, 6.45) is 8.08. The van der Waals surface area contributed by atoms with Crippen molar-refractivity contribution >= 4 is 6.08 Å². The Kier molecular flexibility index (Phi) is 4.50. The minimum Gasteiger partial charge on any atom is -0.508 e. The van der Waals surface area contributed by atoms with E-state index in [-0.39, 0.29) is 0 Å². The fourth-order valence-corrected chi connectivity index (χ4v) is 4.63. The van der Waals surface area contributed by atoms with Gasteiger partial charge in [0.15, 0.2) is 0 Å². The summed E-state index contributed by atoms with van der Waals surface area (Å²) in [5, 5.41) is 13.0. The number of aryl methyl sites for hydroxylation is 1. The molecule has 140 valence electrons. The third-order valence-electron chi connectivity index (χ3n) is 6.11. The first-order chi connectivity index (χ1) is 13.8. The number of hydrogen-bond acceptors (Lipinski definition) is 2. The number of fused-ring (bicyclic) bond motifs is 5. The molecule has 2 aliphatic rings. The van der Waals surface area contributed by atoms with Gasteiger partial charge in [-0.15, -0.1) is 0 Å². The third-order valence-corrected chi connectivity index (χ3v) is 6.11. The number of aromatic hydroxyl groups is 1. The lowest BCUT2D eigenvalue weighted by Gasteiger charge is -2.28. The Balaban J connectivity index is 1.32. The summed E-state index contributed by atoms with van der Waals surface area (Å²) in [5.41, 5.74) is 10.0. The lowest BCUT2D eigenvalue weighted by atomic mass is 9.78. The highest BCUT2D eigenvalue weighted by Gasteiger charge is 2.23. The molecule has 3 aromatic carbocycles. The van der Waals surface area contributed by atoms with E-state index in [1.54, 1.807) is 23.3 Å². The number of phenols is 1. The molecule has 5 rings (SSSR count). The molecule has 2 N–H and O–H groups in total. The number of phenolic OH excluding ortho intramolecular Hbond substituents is 1. The van der Waals surface area contributed by atoms with Crippen LogP contribution in [0.1, 0.15) is 27.8 Å². The number of benzene rings is 3. The molecule has 0 heterocycles. The van der Waals surface area contributed by atoms with Crippen LogP contribution >= 0.6 is 0 Å². The van der Waals surface area contributed by atoms with Gasteiger partial charge in [0.05, 0.1) is 0 Å². The van der Waals surface area contributed by atoms with Crippen LogP contribution in [0.25, 0.3) is 17.2 Å². The van der Waals surface area contributed by atoms with Crippen LogP contribution in [0.15, 0.2) is 66.7 Å². The molecule has 2 heteroatoms. The van der Waals surface area contributed by atoms with E-state index >= 15 is 0 Å². The zero-order valence-electron chi connectivity index (χ0n) is 16.0. The third kappa shape index (κ3) is 3.25. The largest absolute Gasteiger partial charge is 0.508 e. The topological polar surface area (TPSA) is 32.3 Å². The van der Waals surface area contributed by atoms with E-state index in [9.17, 15) is 5.11 Å². The van der Waals surface area contributed by atoms with Gasteiger partial charge in [-0.05, 0) is 76.3 Å². The molecule has 0 fully saturated rings. The summed E-state index contributed by atoms with van der Waals surface area (Å²) in [6.45, 7) is 1.80. The fourth-order valence-electron chi connectivity index (χ4n) is 4.63. The van der Waals surface area contributed by atoms with Crippen molar-refractivity contribution in [3.05, 3.63) is 94.6 Å². The Morgan fingerprint density at radius 2 is 1.71 bits per heavy atom. The second-order valence-electron chi connectivity index (χ2n) is 7.94. The van der Waals surface area contributed by atoms with Gasteiger partial charge >= 0.3 is 0 Å². The van der Waals surface area contributed by atoms with E-state index < -0.39 is 0 Å². The van der Waals surface area contributed by atoms with Crippen LogP contribution in [-0.4, -0.2) is 11.7 Å². The van der Waals surface area contributed by atoms with Gasteiger partial charge in [-0.2, -0.15) is 0 Å². The maximum absolute atomic E-state index is 9.41. The van der Waals surface area contributed by atoms with Crippen LogP contribution in [0.4, 0.5) is 0 Å². The van der Waals surface area contributed by atoms with Crippen molar-refractivity contribution < 1.29 is 5.11 Å². The molecule has 0 amide bonds. The Morgan fingerprint density at radius 1 is 0.857 bits per heavy atom. The summed E-state index contributed by atoms with van der Waals surface area (Å²) >= 11 is 0. The second kappa shape index (κ2) is 7.29. The minimum atomic E-state index is 0.321. The lowest BCUT2D eigenvalue weighted by molar-refractivity contribution is 0.474. The zero-order chi connectivity index (χ0) is 18.9. The maximum Gasteiger partial charge on any atom is 0.115 e. The van der Waals surface area contributed by atoms with Gasteiger partial charge in [0.25, 0.3) is 0 Å². The van der Waals surface area contributed by atoms with E-state index in [0.29, 0.717) is 11.7 Å². The molecule has 28 heavy (non-hydrogen) atoms. The van der Waals surface area contributed by atoms with Gasteiger partial charge in [0.1, 0.15) is 5.75 Å². The molecule has 0 bridgehead atoms. The molecule has 0 aliphatic heterocycles. The average molecular weight is 367 g/mol. The molecule has 0 saturated carbocycles. The van der Waals surface area contributed by atoms with E-state index in [4.69, 9.17) is 0 Å². The molecular formula is C26H25NO. The predicted octanol–water partition coefficient (Wildman–Crippen LogP) is 5.13. The first-order valence-corrected chi connectivity index (χ1v) is 10.2. The van der Waals surface area contributed by atoms with Crippen molar-refractivity contribution in [1.29, 1.82) is 0 Å². The molecule has 2 aliphatic carbocycles. The van der Waals surface area contributed by atoms with Gasteiger partial charge in [0.2, 0.25) is 0 Å². The van der Waals surface area contributed by atoms with Crippen molar-refractivity contribution in [3.63, 3.8) is 0 Å². The van der Waals surface area contributed by atoms with Crippen molar-refractivity contribution in [1.82, 2.24) is 5.32 Å². The molecule has 1 unspecified atom stereocenters. The van der Waals surface area contributed by atoms with E-state index in [0.717, 1.165) is 32.4 Å². The summed E-state index contributed by atoms with van der Waals surface area (Å²) in [6, 6.07) is 20.9.